The Morgan fingerprint density at radius 1 is 1.25 bits per heavy atom. The average Bonchev–Trinajstić information content (AvgIpc) is 2.29. The van der Waals surface area contributed by atoms with Crippen LogP contribution >= 0.6 is 0 Å². The number of sulfonamides is 1. The zero-order valence-electron chi connectivity index (χ0n) is 9.55. The summed E-state index contributed by atoms with van der Waals surface area (Å²) in [5.41, 5.74) is 0. The molecule has 1 unspecified atom stereocenters. The van der Waals surface area contributed by atoms with Crippen molar-refractivity contribution in [3.63, 3.8) is 0 Å². The lowest BCUT2D eigenvalue weighted by molar-refractivity contribution is -0.0840. The number of morpholine rings is 1. The van der Waals surface area contributed by atoms with Gasteiger partial charge in [-0.25, -0.2) is 8.42 Å². The molecule has 16 heavy (non-hydrogen) atoms. The second-order valence-electron chi connectivity index (χ2n) is 4.23. The van der Waals surface area contributed by atoms with E-state index in [2.05, 4.69) is 10.2 Å². The van der Waals surface area contributed by atoms with Crippen LogP contribution in [0.2, 0.25) is 0 Å². The molecular formula is C9H19N3O3S. The maximum atomic E-state index is 11.3. The molecule has 0 bridgehead atoms. The van der Waals surface area contributed by atoms with Gasteiger partial charge in [-0.3, -0.25) is 4.90 Å². The van der Waals surface area contributed by atoms with Crippen LogP contribution in [0.15, 0.2) is 0 Å². The minimum absolute atomic E-state index is 0.107. The first-order valence-corrected chi connectivity index (χ1v) is 7.44. The fourth-order valence-corrected chi connectivity index (χ4v) is 2.94. The summed E-state index contributed by atoms with van der Waals surface area (Å²) < 4.78 is 29.8. The Labute approximate surface area is 96.6 Å². The van der Waals surface area contributed by atoms with Crippen LogP contribution < -0.4 is 5.32 Å². The Balaban J connectivity index is 1.85. The molecule has 0 aromatic heterocycles. The number of nitrogens with one attached hydrogen (secondary N) is 1. The molecule has 2 saturated heterocycles. The van der Waals surface area contributed by atoms with E-state index in [1.54, 1.807) is 0 Å². The van der Waals surface area contributed by atoms with Crippen molar-refractivity contribution in [1.82, 2.24) is 14.5 Å². The first-order chi connectivity index (χ1) is 7.57. The summed E-state index contributed by atoms with van der Waals surface area (Å²) in [6.07, 6.45) is 1.37. The van der Waals surface area contributed by atoms with Gasteiger partial charge in [0, 0.05) is 39.3 Å². The van der Waals surface area contributed by atoms with Crippen molar-refractivity contribution in [3.05, 3.63) is 0 Å². The van der Waals surface area contributed by atoms with Crippen LogP contribution in [-0.4, -0.2) is 76.0 Å². The Morgan fingerprint density at radius 3 is 2.44 bits per heavy atom. The molecule has 94 valence electrons. The lowest BCUT2D eigenvalue weighted by Gasteiger charge is -2.39. The smallest absolute Gasteiger partial charge is 0.211 e. The van der Waals surface area contributed by atoms with E-state index in [9.17, 15) is 8.42 Å². The summed E-state index contributed by atoms with van der Waals surface area (Å²) in [7, 11) is -3.03. The molecule has 0 aromatic carbocycles. The van der Waals surface area contributed by atoms with E-state index in [4.69, 9.17) is 4.74 Å². The van der Waals surface area contributed by atoms with Crippen molar-refractivity contribution in [2.75, 3.05) is 52.1 Å². The van der Waals surface area contributed by atoms with Crippen LogP contribution in [0, 0.1) is 0 Å². The van der Waals surface area contributed by atoms with Crippen molar-refractivity contribution >= 4 is 10.0 Å². The Kier molecular flexibility index (Phi) is 3.81. The number of rotatable bonds is 2. The Bertz CT molecular complexity index is 319. The quantitative estimate of drug-likeness (QED) is 0.646. The molecule has 2 rings (SSSR count). The minimum atomic E-state index is -3.03. The van der Waals surface area contributed by atoms with Crippen molar-refractivity contribution in [1.29, 1.82) is 0 Å². The molecule has 1 atom stereocenters. The van der Waals surface area contributed by atoms with Crippen molar-refractivity contribution in [2.45, 2.75) is 6.23 Å². The molecule has 0 amide bonds. The third-order valence-corrected chi connectivity index (χ3v) is 4.36. The molecule has 0 aromatic rings. The fraction of sp³-hybridized carbons (Fsp3) is 1.00. The highest BCUT2D eigenvalue weighted by atomic mass is 32.2. The summed E-state index contributed by atoms with van der Waals surface area (Å²) in [4.78, 5) is 2.20. The van der Waals surface area contributed by atoms with Gasteiger partial charge < -0.3 is 10.1 Å². The van der Waals surface area contributed by atoms with Gasteiger partial charge in [-0.1, -0.05) is 0 Å². The normalized spacial score (nSPS) is 30.4. The highest BCUT2D eigenvalue weighted by Gasteiger charge is 2.28. The zero-order chi connectivity index (χ0) is 11.6. The van der Waals surface area contributed by atoms with E-state index in [1.165, 1.54) is 10.6 Å². The number of nitrogens with zero attached hydrogens (tertiary/aromatic N) is 2. The lowest BCUT2D eigenvalue weighted by Crippen LogP contribution is -2.56. The third kappa shape index (κ3) is 2.92. The molecular weight excluding hydrogens is 230 g/mol. The van der Waals surface area contributed by atoms with Crippen molar-refractivity contribution < 1.29 is 13.2 Å². The van der Waals surface area contributed by atoms with Gasteiger partial charge in [0.05, 0.1) is 12.9 Å². The number of piperazine rings is 1. The van der Waals surface area contributed by atoms with Crippen LogP contribution in [0.4, 0.5) is 0 Å². The van der Waals surface area contributed by atoms with Crippen LogP contribution in [0.25, 0.3) is 0 Å². The highest BCUT2D eigenvalue weighted by molar-refractivity contribution is 7.88. The largest absolute Gasteiger partial charge is 0.360 e. The molecule has 2 aliphatic heterocycles. The molecule has 7 heteroatoms. The van der Waals surface area contributed by atoms with Crippen LogP contribution in [0.5, 0.6) is 0 Å². The van der Waals surface area contributed by atoms with Crippen molar-refractivity contribution in [3.8, 4) is 0 Å². The van der Waals surface area contributed by atoms with E-state index < -0.39 is 10.0 Å². The first-order valence-electron chi connectivity index (χ1n) is 5.59. The minimum Gasteiger partial charge on any atom is -0.360 e. The van der Waals surface area contributed by atoms with Gasteiger partial charge in [-0.15, -0.1) is 0 Å². The summed E-state index contributed by atoms with van der Waals surface area (Å²) >= 11 is 0. The highest BCUT2D eigenvalue weighted by Crippen LogP contribution is 2.11. The number of ether oxygens (including phenoxy) is 1. The summed E-state index contributed by atoms with van der Waals surface area (Å²) in [5, 5.41) is 3.28. The number of hydrogen-bond donors (Lipinski definition) is 1. The number of hydrogen-bond acceptors (Lipinski definition) is 5. The van der Waals surface area contributed by atoms with E-state index in [1.807, 2.05) is 0 Å². The maximum absolute atomic E-state index is 11.3. The van der Waals surface area contributed by atoms with Gasteiger partial charge in [-0.2, -0.15) is 4.31 Å². The van der Waals surface area contributed by atoms with E-state index in [-0.39, 0.29) is 6.23 Å². The topological polar surface area (TPSA) is 61.9 Å². The molecule has 0 aliphatic carbocycles. The van der Waals surface area contributed by atoms with Crippen LogP contribution in [-0.2, 0) is 14.8 Å². The summed E-state index contributed by atoms with van der Waals surface area (Å²) in [5.74, 6) is 0. The Morgan fingerprint density at radius 2 is 1.94 bits per heavy atom. The second-order valence-corrected chi connectivity index (χ2v) is 6.21. The monoisotopic (exact) mass is 249 g/mol. The molecule has 0 radical (unpaired) electrons. The Hall–Kier alpha value is -0.210. The van der Waals surface area contributed by atoms with Gasteiger partial charge in [0.15, 0.2) is 0 Å². The van der Waals surface area contributed by atoms with Gasteiger partial charge in [0.1, 0.15) is 6.23 Å². The predicted molar refractivity (Wildman–Crippen MR) is 60.6 cm³/mol. The molecule has 2 fully saturated rings. The van der Waals surface area contributed by atoms with Gasteiger partial charge in [-0.05, 0) is 0 Å². The summed E-state index contributed by atoms with van der Waals surface area (Å²) in [6.45, 7) is 5.10. The van der Waals surface area contributed by atoms with E-state index in [0.717, 1.165) is 32.8 Å². The van der Waals surface area contributed by atoms with Crippen molar-refractivity contribution in [2.24, 2.45) is 0 Å². The van der Waals surface area contributed by atoms with E-state index in [0.29, 0.717) is 13.1 Å². The van der Waals surface area contributed by atoms with Gasteiger partial charge in [0.25, 0.3) is 0 Å². The molecule has 0 saturated carbocycles. The molecule has 6 nitrogen and oxygen atoms in total. The first kappa shape index (κ1) is 12.3. The SMILES string of the molecule is CS(=O)(=O)N1CCN(C2CNCCO2)CC1. The van der Waals surface area contributed by atoms with Gasteiger partial charge in [0.2, 0.25) is 10.0 Å². The molecule has 2 aliphatic rings. The third-order valence-electron chi connectivity index (χ3n) is 3.06. The molecule has 2 heterocycles. The lowest BCUT2D eigenvalue weighted by atomic mass is 10.3. The fourth-order valence-electron chi connectivity index (χ4n) is 2.11. The van der Waals surface area contributed by atoms with E-state index >= 15 is 0 Å². The summed E-state index contributed by atoms with van der Waals surface area (Å²) in [6, 6.07) is 0. The zero-order valence-corrected chi connectivity index (χ0v) is 10.4. The standard InChI is InChI=1S/C9H19N3O3S/c1-16(13,14)12-5-3-11(4-6-12)9-8-10-2-7-15-9/h9-10H,2-8H2,1H3. The molecule has 1 N–H and O–H groups in total. The predicted octanol–water partition coefficient (Wildman–Crippen LogP) is -1.49. The van der Waals surface area contributed by atoms with Crippen LogP contribution in [0.3, 0.4) is 0 Å². The average molecular weight is 249 g/mol. The van der Waals surface area contributed by atoms with Crippen LogP contribution in [0.1, 0.15) is 0 Å². The molecule has 0 spiro atoms. The second kappa shape index (κ2) is 4.97. The maximum Gasteiger partial charge on any atom is 0.211 e. The van der Waals surface area contributed by atoms with Gasteiger partial charge >= 0.3 is 0 Å².